The second kappa shape index (κ2) is 9.98. The molecule has 2 rings (SSSR count). The first-order chi connectivity index (χ1) is 12.5. The van der Waals surface area contributed by atoms with Gasteiger partial charge < -0.3 is 15.0 Å². The van der Waals surface area contributed by atoms with Crippen molar-refractivity contribution in [3.63, 3.8) is 0 Å². The highest BCUT2D eigenvalue weighted by Gasteiger charge is 2.19. The van der Waals surface area contributed by atoms with Crippen LogP contribution < -0.4 is 5.32 Å². The van der Waals surface area contributed by atoms with Crippen LogP contribution in [0.3, 0.4) is 0 Å². The molecule has 1 N–H and O–H groups in total. The lowest BCUT2D eigenvalue weighted by Gasteiger charge is -2.22. The SMILES string of the molecule is CCOCCCN(CC(=O)Nc1nc(C)c(C)s1)C(=O)c1cccnc1. The topological polar surface area (TPSA) is 84.4 Å². The van der Waals surface area contributed by atoms with E-state index in [4.69, 9.17) is 4.74 Å². The van der Waals surface area contributed by atoms with Crippen LogP contribution >= 0.6 is 11.3 Å². The summed E-state index contributed by atoms with van der Waals surface area (Å²) in [7, 11) is 0. The molecule has 0 radical (unpaired) electrons. The highest BCUT2D eigenvalue weighted by atomic mass is 32.1. The van der Waals surface area contributed by atoms with Gasteiger partial charge in [-0.1, -0.05) is 0 Å². The molecule has 0 fully saturated rings. The van der Waals surface area contributed by atoms with Crippen LogP contribution in [-0.2, 0) is 9.53 Å². The number of aryl methyl sites for hydroxylation is 2. The van der Waals surface area contributed by atoms with E-state index in [1.165, 1.54) is 22.4 Å². The summed E-state index contributed by atoms with van der Waals surface area (Å²) in [6.07, 6.45) is 3.77. The van der Waals surface area contributed by atoms with Gasteiger partial charge >= 0.3 is 0 Å². The number of amides is 2. The molecule has 0 bridgehead atoms. The fourth-order valence-electron chi connectivity index (χ4n) is 2.28. The van der Waals surface area contributed by atoms with E-state index >= 15 is 0 Å². The van der Waals surface area contributed by atoms with Crippen LogP contribution in [-0.4, -0.2) is 53.0 Å². The molecule has 2 amide bonds. The quantitative estimate of drug-likeness (QED) is 0.680. The molecule has 140 valence electrons. The normalized spacial score (nSPS) is 10.6. The first kappa shape index (κ1) is 20.0. The molecule has 2 aromatic rings. The van der Waals surface area contributed by atoms with Gasteiger partial charge in [-0.25, -0.2) is 4.98 Å². The molecule has 0 aromatic carbocycles. The molecule has 2 heterocycles. The minimum Gasteiger partial charge on any atom is -0.382 e. The number of carbonyl (C=O) groups excluding carboxylic acids is 2. The average Bonchev–Trinajstić information content (AvgIpc) is 2.95. The smallest absolute Gasteiger partial charge is 0.255 e. The molecule has 8 heteroatoms. The van der Waals surface area contributed by atoms with Crippen molar-refractivity contribution in [1.82, 2.24) is 14.9 Å². The third-order valence-electron chi connectivity index (χ3n) is 3.73. The van der Waals surface area contributed by atoms with Gasteiger partial charge in [0, 0.05) is 37.0 Å². The fourth-order valence-corrected chi connectivity index (χ4v) is 3.12. The molecule has 0 atom stereocenters. The van der Waals surface area contributed by atoms with Crippen molar-refractivity contribution in [1.29, 1.82) is 0 Å². The number of ether oxygens (including phenoxy) is 1. The van der Waals surface area contributed by atoms with Gasteiger partial charge in [-0.2, -0.15) is 0 Å². The Balaban J connectivity index is 2.02. The van der Waals surface area contributed by atoms with Gasteiger partial charge in [-0.15, -0.1) is 11.3 Å². The largest absolute Gasteiger partial charge is 0.382 e. The van der Waals surface area contributed by atoms with Crippen LogP contribution in [0.4, 0.5) is 5.13 Å². The van der Waals surface area contributed by atoms with E-state index in [0.29, 0.717) is 36.9 Å². The third kappa shape index (κ3) is 5.89. The number of hydrogen-bond acceptors (Lipinski definition) is 6. The number of pyridine rings is 1. The number of hydrogen-bond donors (Lipinski definition) is 1. The summed E-state index contributed by atoms with van der Waals surface area (Å²) in [5, 5.41) is 3.32. The van der Waals surface area contributed by atoms with E-state index in [9.17, 15) is 9.59 Å². The van der Waals surface area contributed by atoms with Crippen LogP contribution in [0, 0.1) is 13.8 Å². The minimum atomic E-state index is -0.271. The number of carbonyl (C=O) groups is 2. The van der Waals surface area contributed by atoms with Crippen LogP contribution in [0.15, 0.2) is 24.5 Å². The van der Waals surface area contributed by atoms with E-state index in [2.05, 4.69) is 15.3 Å². The third-order valence-corrected chi connectivity index (χ3v) is 4.71. The molecule has 0 saturated heterocycles. The zero-order valence-corrected chi connectivity index (χ0v) is 16.1. The Hall–Kier alpha value is -2.32. The molecule has 26 heavy (non-hydrogen) atoms. The molecule has 0 unspecified atom stereocenters. The summed E-state index contributed by atoms with van der Waals surface area (Å²) >= 11 is 1.42. The highest BCUT2D eigenvalue weighted by molar-refractivity contribution is 7.15. The average molecular weight is 376 g/mol. The standard InChI is InChI=1S/C18H24N4O3S/c1-4-25-10-6-9-22(17(24)15-7-5-8-19-11-15)12-16(23)21-18-20-13(2)14(3)26-18/h5,7-8,11H,4,6,9-10,12H2,1-3H3,(H,20,21,23). The Morgan fingerprint density at radius 2 is 2.15 bits per heavy atom. The zero-order chi connectivity index (χ0) is 18.9. The number of nitrogens with zero attached hydrogens (tertiary/aromatic N) is 3. The van der Waals surface area contributed by atoms with E-state index in [0.717, 1.165) is 10.6 Å². The summed E-state index contributed by atoms with van der Waals surface area (Å²) in [5.41, 5.74) is 1.35. The first-order valence-corrected chi connectivity index (χ1v) is 9.33. The van der Waals surface area contributed by atoms with Crippen molar-refractivity contribution in [2.24, 2.45) is 0 Å². The minimum absolute atomic E-state index is 0.0441. The Kier molecular flexibility index (Phi) is 7.68. The summed E-state index contributed by atoms with van der Waals surface area (Å²) in [4.78, 5) is 35.9. The maximum Gasteiger partial charge on any atom is 0.255 e. The maximum atomic E-state index is 12.7. The van der Waals surface area contributed by atoms with E-state index in [1.807, 2.05) is 20.8 Å². The fraction of sp³-hybridized carbons (Fsp3) is 0.444. The van der Waals surface area contributed by atoms with E-state index in [1.54, 1.807) is 18.3 Å². The molecular formula is C18H24N4O3S. The lowest BCUT2D eigenvalue weighted by molar-refractivity contribution is -0.116. The van der Waals surface area contributed by atoms with Crippen LogP contribution in [0.2, 0.25) is 0 Å². The van der Waals surface area contributed by atoms with Crippen LogP contribution in [0.25, 0.3) is 0 Å². The van der Waals surface area contributed by atoms with Gasteiger partial charge in [-0.05, 0) is 39.3 Å². The molecule has 0 aliphatic rings. The summed E-state index contributed by atoms with van der Waals surface area (Å²) < 4.78 is 5.33. The Morgan fingerprint density at radius 1 is 1.35 bits per heavy atom. The molecule has 0 saturated carbocycles. The van der Waals surface area contributed by atoms with E-state index in [-0.39, 0.29) is 18.4 Å². The molecule has 7 nitrogen and oxygen atoms in total. The number of anilines is 1. The number of thiazole rings is 1. The zero-order valence-electron chi connectivity index (χ0n) is 15.3. The molecule has 0 aliphatic carbocycles. The molecule has 0 aliphatic heterocycles. The van der Waals surface area contributed by atoms with Gasteiger partial charge in [0.15, 0.2) is 5.13 Å². The Labute approximate surface area is 157 Å². The van der Waals surface area contributed by atoms with Crippen molar-refractivity contribution in [3.05, 3.63) is 40.7 Å². The van der Waals surface area contributed by atoms with Crippen molar-refractivity contribution < 1.29 is 14.3 Å². The molecule has 0 spiro atoms. The van der Waals surface area contributed by atoms with Crippen molar-refractivity contribution in [3.8, 4) is 0 Å². The lowest BCUT2D eigenvalue weighted by atomic mass is 10.2. The monoisotopic (exact) mass is 376 g/mol. The summed E-state index contributed by atoms with van der Waals surface area (Å²) in [6, 6.07) is 3.39. The number of aromatic nitrogens is 2. The molecular weight excluding hydrogens is 352 g/mol. The number of nitrogens with one attached hydrogen (secondary N) is 1. The summed E-state index contributed by atoms with van der Waals surface area (Å²) in [5.74, 6) is -0.497. The summed E-state index contributed by atoms with van der Waals surface area (Å²) in [6.45, 7) is 7.32. The van der Waals surface area contributed by atoms with E-state index < -0.39 is 0 Å². The van der Waals surface area contributed by atoms with Crippen LogP contribution in [0.5, 0.6) is 0 Å². The van der Waals surface area contributed by atoms with Gasteiger partial charge in [0.2, 0.25) is 5.91 Å². The Bertz CT molecular complexity index is 714. The second-order valence-corrected chi connectivity index (χ2v) is 6.93. The van der Waals surface area contributed by atoms with Crippen molar-refractivity contribution in [2.45, 2.75) is 27.2 Å². The predicted molar refractivity (Wildman–Crippen MR) is 101 cm³/mol. The molecule has 2 aromatic heterocycles. The van der Waals surface area contributed by atoms with Gasteiger partial charge in [0.1, 0.15) is 6.54 Å². The van der Waals surface area contributed by atoms with Gasteiger partial charge in [-0.3, -0.25) is 14.6 Å². The van der Waals surface area contributed by atoms with Crippen molar-refractivity contribution >= 4 is 28.3 Å². The first-order valence-electron chi connectivity index (χ1n) is 8.52. The van der Waals surface area contributed by atoms with Gasteiger partial charge in [0.25, 0.3) is 5.91 Å². The second-order valence-electron chi connectivity index (χ2n) is 5.73. The van der Waals surface area contributed by atoms with Crippen LogP contribution in [0.1, 0.15) is 34.3 Å². The number of rotatable bonds is 9. The maximum absolute atomic E-state index is 12.7. The lowest BCUT2D eigenvalue weighted by Crippen LogP contribution is -2.39. The predicted octanol–water partition coefficient (Wildman–Crippen LogP) is 2.66. The Morgan fingerprint density at radius 3 is 2.77 bits per heavy atom. The van der Waals surface area contributed by atoms with Crippen molar-refractivity contribution in [2.75, 3.05) is 31.6 Å². The highest BCUT2D eigenvalue weighted by Crippen LogP contribution is 2.21. The van der Waals surface area contributed by atoms with Gasteiger partial charge in [0.05, 0.1) is 11.3 Å².